The number of esters is 1. The summed E-state index contributed by atoms with van der Waals surface area (Å²) >= 11 is 0. The second-order valence-electron chi connectivity index (χ2n) is 6.72. The highest BCUT2D eigenvalue weighted by molar-refractivity contribution is 5.90. The van der Waals surface area contributed by atoms with E-state index in [-0.39, 0.29) is 5.97 Å². The van der Waals surface area contributed by atoms with E-state index >= 15 is 0 Å². The highest BCUT2D eigenvalue weighted by atomic mass is 16.5. The van der Waals surface area contributed by atoms with Crippen LogP contribution in [0.4, 0.5) is 0 Å². The lowest BCUT2D eigenvalue weighted by atomic mass is 10.1. The van der Waals surface area contributed by atoms with Gasteiger partial charge in [-0.3, -0.25) is 9.80 Å². The molecular weight excluding hydrogens is 360 g/mol. The predicted molar refractivity (Wildman–Crippen MR) is 105 cm³/mol. The fraction of sp³-hybridized carbons (Fsp3) is 0.476. The number of nitrogens with zero attached hydrogens (tertiary/aromatic N) is 2. The van der Waals surface area contributed by atoms with Crippen molar-refractivity contribution < 1.29 is 23.4 Å². The van der Waals surface area contributed by atoms with Gasteiger partial charge >= 0.3 is 5.97 Å². The zero-order valence-corrected chi connectivity index (χ0v) is 16.8. The summed E-state index contributed by atoms with van der Waals surface area (Å²) in [6.45, 7) is 7.36. The third kappa shape index (κ3) is 4.85. The van der Waals surface area contributed by atoms with Crippen LogP contribution in [0.15, 0.2) is 34.9 Å². The van der Waals surface area contributed by atoms with E-state index in [9.17, 15) is 4.79 Å². The van der Waals surface area contributed by atoms with Gasteiger partial charge in [-0.2, -0.15) is 0 Å². The lowest BCUT2D eigenvalue weighted by Gasteiger charge is -2.34. The molecule has 0 amide bonds. The number of ether oxygens (including phenoxy) is 3. The zero-order chi connectivity index (χ0) is 19.9. The Morgan fingerprint density at radius 2 is 1.68 bits per heavy atom. The van der Waals surface area contributed by atoms with Gasteiger partial charge < -0.3 is 18.6 Å². The first-order valence-electron chi connectivity index (χ1n) is 9.53. The smallest absolute Gasteiger partial charge is 0.341 e. The van der Waals surface area contributed by atoms with E-state index in [1.165, 1.54) is 5.56 Å². The van der Waals surface area contributed by atoms with Gasteiger partial charge in [-0.1, -0.05) is 6.07 Å². The van der Waals surface area contributed by atoms with E-state index in [2.05, 4.69) is 15.9 Å². The largest absolute Gasteiger partial charge is 0.493 e. The van der Waals surface area contributed by atoms with Crippen molar-refractivity contribution in [2.24, 2.45) is 0 Å². The van der Waals surface area contributed by atoms with Gasteiger partial charge in [0.05, 0.1) is 33.6 Å². The summed E-state index contributed by atoms with van der Waals surface area (Å²) < 4.78 is 21.3. The minimum atomic E-state index is -0.321. The van der Waals surface area contributed by atoms with E-state index in [0.717, 1.165) is 44.2 Å². The van der Waals surface area contributed by atoms with Crippen LogP contribution in [0.25, 0.3) is 0 Å². The molecule has 0 saturated carbocycles. The molecule has 0 bridgehead atoms. The molecule has 3 rings (SSSR count). The van der Waals surface area contributed by atoms with Gasteiger partial charge in [0.2, 0.25) is 0 Å². The van der Waals surface area contributed by atoms with E-state index in [1.807, 2.05) is 12.1 Å². The first kappa shape index (κ1) is 20.2. The van der Waals surface area contributed by atoms with Crippen molar-refractivity contribution in [2.45, 2.75) is 20.0 Å². The summed E-state index contributed by atoms with van der Waals surface area (Å²) in [5, 5.41) is 0. The number of furan rings is 1. The number of hydrogen-bond acceptors (Lipinski definition) is 7. The maximum atomic E-state index is 12.0. The molecule has 0 aliphatic carbocycles. The average molecular weight is 388 g/mol. The van der Waals surface area contributed by atoms with Crippen LogP contribution in [0.5, 0.6) is 11.5 Å². The molecule has 0 radical (unpaired) electrons. The van der Waals surface area contributed by atoms with Crippen molar-refractivity contribution in [2.75, 3.05) is 47.0 Å². The molecule has 0 unspecified atom stereocenters. The molecule has 1 aromatic heterocycles. The molecule has 1 fully saturated rings. The molecule has 7 nitrogen and oxygen atoms in total. The average Bonchev–Trinajstić information content (AvgIpc) is 3.18. The van der Waals surface area contributed by atoms with Gasteiger partial charge in [-0.15, -0.1) is 0 Å². The molecule has 2 aromatic rings. The van der Waals surface area contributed by atoms with Crippen molar-refractivity contribution in [3.63, 3.8) is 0 Å². The Kier molecular flexibility index (Phi) is 6.95. The first-order chi connectivity index (χ1) is 13.6. The third-order valence-electron chi connectivity index (χ3n) is 4.93. The van der Waals surface area contributed by atoms with Crippen molar-refractivity contribution >= 4 is 5.97 Å². The SMILES string of the molecule is CCOC(=O)c1ccoc1CN1CCN(Cc2ccc(OC)c(OC)c2)CC1. The molecule has 0 N–H and O–H groups in total. The predicted octanol–water partition coefficient (Wildman–Crippen LogP) is 2.79. The van der Waals surface area contributed by atoms with Crippen molar-refractivity contribution in [1.82, 2.24) is 9.80 Å². The number of rotatable bonds is 8. The highest BCUT2D eigenvalue weighted by Gasteiger charge is 2.22. The minimum absolute atomic E-state index is 0.321. The van der Waals surface area contributed by atoms with Crippen LogP contribution in [0.1, 0.15) is 28.6 Å². The standard InChI is InChI=1S/C21H28N2O5/c1-4-27-21(24)17-7-12-28-20(17)15-23-10-8-22(9-11-23)14-16-5-6-18(25-2)19(13-16)26-3/h5-7,12-13H,4,8-11,14-15H2,1-3H3. The van der Waals surface area contributed by atoms with E-state index < -0.39 is 0 Å². The Balaban J connectivity index is 1.53. The van der Waals surface area contributed by atoms with E-state index in [4.69, 9.17) is 18.6 Å². The maximum absolute atomic E-state index is 12.0. The highest BCUT2D eigenvalue weighted by Crippen LogP contribution is 2.28. The zero-order valence-electron chi connectivity index (χ0n) is 16.8. The number of carbonyl (C=O) groups excluding carboxylic acids is 1. The number of piperazine rings is 1. The molecule has 0 atom stereocenters. The Bertz CT molecular complexity index is 781. The molecule has 1 aromatic carbocycles. The molecule has 28 heavy (non-hydrogen) atoms. The van der Waals surface area contributed by atoms with Crippen molar-refractivity contribution in [1.29, 1.82) is 0 Å². The van der Waals surface area contributed by atoms with Gasteiger partial charge in [-0.25, -0.2) is 4.79 Å². The van der Waals surface area contributed by atoms with Crippen molar-refractivity contribution in [3.8, 4) is 11.5 Å². The molecule has 1 saturated heterocycles. The Morgan fingerprint density at radius 3 is 2.32 bits per heavy atom. The van der Waals surface area contributed by atoms with Gasteiger partial charge in [0.1, 0.15) is 11.3 Å². The van der Waals surface area contributed by atoms with Gasteiger partial charge in [0.15, 0.2) is 11.5 Å². The van der Waals surface area contributed by atoms with Crippen LogP contribution in [0, 0.1) is 0 Å². The molecule has 1 aliphatic rings. The second kappa shape index (κ2) is 9.61. The summed E-state index contributed by atoms with van der Waals surface area (Å²) in [5.41, 5.74) is 1.72. The molecule has 0 spiro atoms. The quantitative estimate of drug-likeness (QED) is 0.644. The molecular formula is C21H28N2O5. The summed E-state index contributed by atoms with van der Waals surface area (Å²) in [5.74, 6) is 1.85. The summed E-state index contributed by atoms with van der Waals surface area (Å²) in [4.78, 5) is 16.7. The molecule has 7 heteroatoms. The van der Waals surface area contributed by atoms with Crippen molar-refractivity contribution in [3.05, 3.63) is 47.4 Å². The Morgan fingerprint density at radius 1 is 1.00 bits per heavy atom. The minimum Gasteiger partial charge on any atom is -0.493 e. The van der Waals surface area contributed by atoms with Crippen LogP contribution >= 0.6 is 0 Å². The van der Waals surface area contributed by atoms with Gasteiger partial charge in [0.25, 0.3) is 0 Å². The van der Waals surface area contributed by atoms with Gasteiger partial charge in [0, 0.05) is 32.7 Å². The van der Waals surface area contributed by atoms with Crippen LogP contribution in [-0.2, 0) is 17.8 Å². The number of hydrogen-bond donors (Lipinski definition) is 0. The van der Waals surface area contributed by atoms with E-state index in [0.29, 0.717) is 24.5 Å². The Labute approximate surface area is 165 Å². The van der Waals surface area contributed by atoms with Crippen LogP contribution < -0.4 is 9.47 Å². The van der Waals surface area contributed by atoms with Crippen LogP contribution in [-0.4, -0.2) is 62.8 Å². The molecule has 1 aliphatic heterocycles. The topological polar surface area (TPSA) is 64.4 Å². The molecule has 152 valence electrons. The number of benzene rings is 1. The fourth-order valence-corrected chi connectivity index (χ4v) is 3.40. The summed E-state index contributed by atoms with van der Waals surface area (Å²) in [6.07, 6.45) is 1.55. The first-order valence-corrected chi connectivity index (χ1v) is 9.53. The van der Waals surface area contributed by atoms with Gasteiger partial charge in [-0.05, 0) is 30.7 Å². The fourth-order valence-electron chi connectivity index (χ4n) is 3.40. The maximum Gasteiger partial charge on any atom is 0.341 e. The normalized spacial score (nSPS) is 15.4. The number of carbonyl (C=O) groups is 1. The Hall–Kier alpha value is -2.51. The lowest BCUT2D eigenvalue weighted by molar-refractivity contribution is 0.0520. The summed E-state index contributed by atoms with van der Waals surface area (Å²) in [7, 11) is 3.29. The number of methoxy groups -OCH3 is 2. The molecule has 2 heterocycles. The monoisotopic (exact) mass is 388 g/mol. The third-order valence-corrected chi connectivity index (χ3v) is 4.93. The van der Waals surface area contributed by atoms with E-state index in [1.54, 1.807) is 33.5 Å². The van der Waals surface area contributed by atoms with Crippen LogP contribution in [0.2, 0.25) is 0 Å². The lowest BCUT2D eigenvalue weighted by Crippen LogP contribution is -2.45. The second-order valence-corrected chi connectivity index (χ2v) is 6.72. The summed E-state index contributed by atoms with van der Waals surface area (Å²) in [6, 6.07) is 7.72. The van der Waals surface area contributed by atoms with Crippen LogP contribution in [0.3, 0.4) is 0 Å².